The topological polar surface area (TPSA) is 26.3 Å². The minimum atomic E-state index is -0.256. The number of unbranched alkanes of at least 4 members (excludes halogenated alkanes) is 14. The van der Waals surface area contributed by atoms with Gasteiger partial charge >= 0.3 is 5.97 Å². The molecule has 0 aromatic carbocycles. The number of carbonyl (C=O) groups is 1. The predicted molar refractivity (Wildman–Crippen MR) is 110 cm³/mol. The second-order valence-corrected chi connectivity index (χ2v) is 7.73. The average molecular weight is 353 g/mol. The van der Waals surface area contributed by atoms with E-state index < -0.39 is 0 Å². The molecule has 148 valence electrons. The zero-order valence-corrected chi connectivity index (χ0v) is 17.4. The minimum absolute atomic E-state index is 0.0196. The van der Waals surface area contributed by atoms with Gasteiger partial charge in [0, 0.05) is 5.57 Å². The molecule has 0 rings (SSSR count). The third-order valence-corrected chi connectivity index (χ3v) is 4.87. The largest absolute Gasteiger partial charge is 0.459 e. The van der Waals surface area contributed by atoms with Gasteiger partial charge in [0.2, 0.25) is 0 Å². The molecule has 0 radical (unpaired) electrons. The van der Waals surface area contributed by atoms with E-state index in [1.54, 1.807) is 6.92 Å². The first kappa shape index (κ1) is 24.2. The highest BCUT2D eigenvalue weighted by molar-refractivity contribution is 5.87. The fourth-order valence-electron chi connectivity index (χ4n) is 3.15. The maximum atomic E-state index is 11.4. The summed E-state index contributed by atoms with van der Waals surface area (Å²) in [4.78, 5) is 11.4. The third-order valence-electron chi connectivity index (χ3n) is 4.87. The van der Waals surface area contributed by atoms with Crippen LogP contribution in [0, 0.1) is 0 Å². The molecule has 0 N–H and O–H groups in total. The number of hydrogen-bond acceptors (Lipinski definition) is 2. The van der Waals surface area contributed by atoms with Gasteiger partial charge in [0.15, 0.2) is 0 Å². The first-order valence-electron chi connectivity index (χ1n) is 10.9. The second kappa shape index (κ2) is 18.0. The van der Waals surface area contributed by atoms with Crippen LogP contribution in [0.1, 0.15) is 124 Å². The first-order valence-corrected chi connectivity index (χ1v) is 10.9. The van der Waals surface area contributed by atoms with Crippen molar-refractivity contribution in [3.63, 3.8) is 0 Å². The van der Waals surface area contributed by atoms with Crippen molar-refractivity contribution in [2.24, 2.45) is 0 Å². The highest BCUT2D eigenvalue weighted by atomic mass is 16.5. The summed E-state index contributed by atoms with van der Waals surface area (Å²) in [6, 6.07) is 0. The molecular formula is C23H44O2. The Balaban J connectivity index is 3.19. The molecule has 2 heteroatoms. The van der Waals surface area contributed by atoms with E-state index >= 15 is 0 Å². The number of ether oxygens (including phenoxy) is 1. The lowest BCUT2D eigenvalue weighted by atomic mass is 10.0. The van der Waals surface area contributed by atoms with Gasteiger partial charge in [-0.3, -0.25) is 0 Å². The van der Waals surface area contributed by atoms with E-state index in [9.17, 15) is 4.79 Å². The standard InChI is InChI=1S/C23H44O2/c1-5-6-7-8-9-10-11-12-13-14-15-16-17-18-19-20-22(4)25-23(24)21(2)3/h22H,2,5-20H2,1,3-4H3. The van der Waals surface area contributed by atoms with Crippen LogP contribution >= 0.6 is 0 Å². The maximum absolute atomic E-state index is 11.4. The van der Waals surface area contributed by atoms with Crippen molar-refractivity contribution in [3.05, 3.63) is 12.2 Å². The molecule has 0 bridgehead atoms. The molecule has 1 atom stereocenters. The smallest absolute Gasteiger partial charge is 0.333 e. The van der Waals surface area contributed by atoms with E-state index in [-0.39, 0.29) is 12.1 Å². The van der Waals surface area contributed by atoms with Gasteiger partial charge in [0.1, 0.15) is 0 Å². The Kier molecular flexibility index (Phi) is 17.4. The minimum Gasteiger partial charge on any atom is -0.459 e. The molecular weight excluding hydrogens is 308 g/mol. The van der Waals surface area contributed by atoms with Gasteiger partial charge in [-0.1, -0.05) is 103 Å². The van der Waals surface area contributed by atoms with Crippen molar-refractivity contribution in [2.45, 2.75) is 130 Å². The monoisotopic (exact) mass is 352 g/mol. The van der Waals surface area contributed by atoms with Gasteiger partial charge < -0.3 is 4.74 Å². The summed E-state index contributed by atoms with van der Waals surface area (Å²) in [7, 11) is 0. The molecule has 25 heavy (non-hydrogen) atoms. The third kappa shape index (κ3) is 17.8. The fraction of sp³-hybridized carbons (Fsp3) is 0.870. The highest BCUT2D eigenvalue weighted by Crippen LogP contribution is 2.14. The molecule has 0 aliphatic carbocycles. The van der Waals surface area contributed by atoms with Gasteiger partial charge in [-0.15, -0.1) is 0 Å². The van der Waals surface area contributed by atoms with Crippen molar-refractivity contribution in [2.75, 3.05) is 0 Å². The lowest BCUT2D eigenvalue weighted by molar-refractivity contribution is -0.143. The van der Waals surface area contributed by atoms with Crippen LogP contribution < -0.4 is 0 Å². The van der Waals surface area contributed by atoms with E-state index in [0.29, 0.717) is 5.57 Å². The van der Waals surface area contributed by atoms with Gasteiger partial charge in [-0.25, -0.2) is 4.79 Å². The molecule has 0 saturated heterocycles. The van der Waals surface area contributed by atoms with E-state index in [2.05, 4.69) is 13.5 Å². The summed E-state index contributed by atoms with van der Waals surface area (Å²) in [5.74, 6) is -0.256. The van der Waals surface area contributed by atoms with Crippen LogP contribution in [-0.2, 0) is 9.53 Å². The SMILES string of the molecule is C=C(C)C(=O)OC(C)CCCCCCCCCCCCCCCCC. The van der Waals surface area contributed by atoms with E-state index in [1.807, 2.05) is 6.92 Å². The first-order chi connectivity index (χ1) is 12.1. The van der Waals surface area contributed by atoms with Crippen LogP contribution in [0.4, 0.5) is 0 Å². The van der Waals surface area contributed by atoms with Gasteiger partial charge in [0.05, 0.1) is 6.10 Å². The highest BCUT2D eigenvalue weighted by Gasteiger charge is 2.09. The second-order valence-electron chi connectivity index (χ2n) is 7.73. The lowest BCUT2D eigenvalue weighted by Crippen LogP contribution is -2.15. The van der Waals surface area contributed by atoms with Crippen molar-refractivity contribution >= 4 is 5.97 Å². The van der Waals surface area contributed by atoms with Crippen LogP contribution in [0.15, 0.2) is 12.2 Å². The fourth-order valence-corrected chi connectivity index (χ4v) is 3.15. The molecule has 0 aliphatic heterocycles. The molecule has 0 amide bonds. The normalized spacial score (nSPS) is 12.1. The Bertz CT molecular complexity index is 322. The summed E-state index contributed by atoms with van der Waals surface area (Å²) in [5.41, 5.74) is 0.489. The summed E-state index contributed by atoms with van der Waals surface area (Å²) < 4.78 is 5.29. The van der Waals surface area contributed by atoms with Crippen LogP contribution in [0.5, 0.6) is 0 Å². The van der Waals surface area contributed by atoms with Crippen LogP contribution in [0.3, 0.4) is 0 Å². The van der Waals surface area contributed by atoms with E-state index in [4.69, 9.17) is 4.74 Å². The summed E-state index contributed by atoms with van der Waals surface area (Å²) >= 11 is 0. The van der Waals surface area contributed by atoms with Crippen molar-refractivity contribution in [1.29, 1.82) is 0 Å². The molecule has 0 spiro atoms. The Morgan fingerprint density at radius 2 is 1.12 bits per heavy atom. The van der Waals surface area contributed by atoms with Gasteiger partial charge in [-0.2, -0.15) is 0 Å². The van der Waals surface area contributed by atoms with Crippen LogP contribution in [0.2, 0.25) is 0 Å². The zero-order valence-electron chi connectivity index (χ0n) is 17.4. The number of rotatable bonds is 18. The number of carbonyl (C=O) groups excluding carboxylic acids is 1. The summed E-state index contributed by atoms with van der Waals surface area (Å²) in [6.07, 6.45) is 21.7. The van der Waals surface area contributed by atoms with E-state index in [0.717, 1.165) is 12.8 Å². The number of hydrogen-bond donors (Lipinski definition) is 0. The zero-order chi connectivity index (χ0) is 18.8. The molecule has 0 heterocycles. The molecule has 0 aromatic rings. The maximum Gasteiger partial charge on any atom is 0.333 e. The van der Waals surface area contributed by atoms with Crippen molar-refractivity contribution in [3.8, 4) is 0 Å². The molecule has 0 saturated carbocycles. The Morgan fingerprint density at radius 1 is 0.760 bits per heavy atom. The molecule has 1 unspecified atom stereocenters. The predicted octanol–water partition coefficient (Wildman–Crippen LogP) is 7.76. The Hall–Kier alpha value is -0.790. The molecule has 0 fully saturated rings. The van der Waals surface area contributed by atoms with E-state index in [1.165, 1.54) is 89.9 Å². The Morgan fingerprint density at radius 3 is 1.48 bits per heavy atom. The van der Waals surface area contributed by atoms with Gasteiger partial charge in [-0.05, 0) is 26.7 Å². The van der Waals surface area contributed by atoms with Crippen LogP contribution in [0.25, 0.3) is 0 Å². The molecule has 0 aliphatic rings. The van der Waals surface area contributed by atoms with Crippen LogP contribution in [-0.4, -0.2) is 12.1 Å². The quantitative estimate of drug-likeness (QED) is 0.143. The molecule has 2 nitrogen and oxygen atoms in total. The lowest BCUT2D eigenvalue weighted by Gasteiger charge is -2.12. The summed E-state index contributed by atoms with van der Waals surface area (Å²) in [5, 5.41) is 0. The van der Waals surface area contributed by atoms with Gasteiger partial charge in [0.25, 0.3) is 0 Å². The van der Waals surface area contributed by atoms with Crippen molar-refractivity contribution < 1.29 is 9.53 Å². The number of esters is 1. The Labute approximate surface area is 157 Å². The summed E-state index contributed by atoms with van der Waals surface area (Å²) in [6.45, 7) is 9.56. The average Bonchev–Trinajstić information content (AvgIpc) is 2.58. The van der Waals surface area contributed by atoms with Crippen molar-refractivity contribution in [1.82, 2.24) is 0 Å². The molecule has 0 aromatic heterocycles.